The molecule has 3 N–H and O–H groups in total. The lowest BCUT2D eigenvalue weighted by Gasteiger charge is -2.31. The summed E-state index contributed by atoms with van der Waals surface area (Å²) in [5.41, 5.74) is 4.98. The maximum Gasteiger partial charge on any atom is 0.151 e. The van der Waals surface area contributed by atoms with Crippen LogP contribution in [0.25, 0.3) is 0 Å². The lowest BCUT2D eigenvalue weighted by atomic mass is 9.81. The van der Waals surface area contributed by atoms with Gasteiger partial charge in [0.05, 0.1) is 17.6 Å². The van der Waals surface area contributed by atoms with Crippen molar-refractivity contribution in [2.24, 2.45) is 11.1 Å². The van der Waals surface area contributed by atoms with Crippen molar-refractivity contribution in [2.45, 2.75) is 12.5 Å². The third-order valence-electron chi connectivity index (χ3n) is 3.30. The van der Waals surface area contributed by atoms with E-state index in [1.165, 1.54) is 11.3 Å². The van der Waals surface area contributed by atoms with Crippen LogP contribution in [0.4, 0.5) is 0 Å². The van der Waals surface area contributed by atoms with Crippen molar-refractivity contribution < 1.29 is 13.5 Å². The first-order valence-electron chi connectivity index (χ1n) is 5.22. The lowest BCUT2D eigenvalue weighted by Crippen LogP contribution is -2.37. The average Bonchev–Trinajstić information content (AvgIpc) is 2.82. The molecule has 0 aromatic carbocycles. The predicted molar refractivity (Wildman–Crippen MR) is 71.7 cm³/mol. The Kier molecular flexibility index (Phi) is 3.66. The van der Waals surface area contributed by atoms with E-state index in [1.54, 1.807) is 0 Å². The van der Waals surface area contributed by atoms with E-state index in [0.29, 0.717) is 6.42 Å². The monoisotopic (exact) mass is 339 g/mol. The largest absolute Gasteiger partial charge is 0.387 e. The van der Waals surface area contributed by atoms with Gasteiger partial charge in [-0.1, -0.05) is 0 Å². The van der Waals surface area contributed by atoms with E-state index in [-0.39, 0.29) is 18.1 Å². The van der Waals surface area contributed by atoms with Crippen LogP contribution in [0.5, 0.6) is 0 Å². The van der Waals surface area contributed by atoms with E-state index in [4.69, 9.17) is 5.73 Å². The molecule has 1 fully saturated rings. The second kappa shape index (κ2) is 4.62. The molecule has 96 valence electrons. The molecule has 0 amide bonds. The molecule has 1 aliphatic heterocycles. The van der Waals surface area contributed by atoms with Gasteiger partial charge in [-0.3, -0.25) is 0 Å². The summed E-state index contributed by atoms with van der Waals surface area (Å²) in [7, 11) is -3.07. The van der Waals surface area contributed by atoms with Crippen LogP contribution in [-0.2, 0) is 9.84 Å². The third-order valence-corrected chi connectivity index (χ3v) is 7.06. The van der Waals surface area contributed by atoms with Crippen molar-refractivity contribution in [2.75, 3.05) is 18.1 Å². The number of hydrogen-bond donors (Lipinski definition) is 2. The summed E-state index contributed by atoms with van der Waals surface area (Å²) in [6.07, 6.45) is -0.392. The number of aliphatic hydroxyl groups is 1. The van der Waals surface area contributed by atoms with Crippen molar-refractivity contribution in [3.05, 3.63) is 20.8 Å². The Morgan fingerprint density at radius 1 is 1.65 bits per heavy atom. The minimum atomic E-state index is -3.07. The summed E-state index contributed by atoms with van der Waals surface area (Å²) in [4.78, 5) is 0.757. The number of rotatable bonds is 3. The molecule has 0 aliphatic carbocycles. The molecule has 1 aromatic heterocycles. The Morgan fingerprint density at radius 2 is 2.35 bits per heavy atom. The van der Waals surface area contributed by atoms with E-state index in [0.717, 1.165) is 9.35 Å². The molecular weight excluding hydrogens is 326 g/mol. The van der Waals surface area contributed by atoms with Crippen molar-refractivity contribution in [3.8, 4) is 0 Å². The SMILES string of the molecule is NCC1(C(O)c2sccc2Br)CCS(=O)(=O)C1. The minimum absolute atomic E-state index is 0.0258. The molecule has 2 rings (SSSR count). The van der Waals surface area contributed by atoms with Gasteiger partial charge < -0.3 is 10.8 Å². The van der Waals surface area contributed by atoms with Gasteiger partial charge in [-0.05, 0) is 33.8 Å². The normalized spacial score (nSPS) is 29.4. The highest BCUT2D eigenvalue weighted by molar-refractivity contribution is 9.10. The molecule has 1 aliphatic rings. The van der Waals surface area contributed by atoms with Gasteiger partial charge in [0.1, 0.15) is 0 Å². The van der Waals surface area contributed by atoms with Crippen LogP contribution >= 0.6 is 27.3 Å². The average molecular weight is 340 g/mol. The van der Waals surface area contributed by atoms with Crippen LogP contribution in [0.3, 0.4) is 0 Å². The summed E-state index contributed by atoms with van der Waals surface area (Å²) in [5, 5.41) is 12.3. The number of halogens is 1. The second-order valence-electron chi connectivity index (χ2n) is 4.44. The predicted octanol–water partition coefficient (Wildman–Crippen LogP) is 1.31. The second-order valence-corrected chi connectivity index (χ2v) is 8.43. The molecule has 0 bridgehead atoms. The smallest absolute Gasteiger partial charge is 0.151 e. The molecule has 4 nitrogen and oxygen atoms in total. The van der Waals surface area contributed by atoms with E-state index in [9.17, 15) is 13.5 Å². The number of hydrogen-bond acceptors (Lipinski definition) is 5. The van der Waals surface area contributed by atoms with E-state index in [1.807, 2.05) is 11.4 Å². The molecule has 17 heavy (non-hydrogen) atoms. The van der Waals surface area contributed by atoms with Gasteiger partial charge in [-0.15, -0.1) is 11.3 Å². The Labute approximate surface area is 113 Å². The number of sulfone groups is 1. The topological polar surface area (TPSA) is 80.4 Å². The molecule has 1 saturated heterocycles. The number of thiophene rings is 1. The summed E-state index contributed by atoms with van der Waals surface area (Å²) in [6, 6.07) is 1.84. The zero-order chi connectivity index (χ0) is 12.7. The van der Waals surface area contributed by atoms with Crippen molar-refractivity contribution in [3.63, 3.8) is 0 Å². The van der Waals surface area contributed by atoms with Crippen molar-refractivity contribution in [1.29, 1.82) is 0 Å². The molecule has 1 aromatic rings. The van der Waals surface area contributed by atoms with E-state index < -0.39 is 21.4 Å². The Morgan fingerprint density at radius 3 is 2.76 bits per heavy atom. The van der Waals surface area contributed by atoms with Gasteiger partial charge in [0, 0.05) is 21.3 Å². The van der Waals surface area contributed by atoms with Crippen LogP contribution in [0.15, 0.2) is 15.9 Å². The zero-order valence-electron chi connectivity index (χ0n) is 9.10. The van der Waals surface area contributed by atoms with E-state index >= 15 is 0 Å². The minimum Gasteiger partial charge on any atom is -0.387 e. The first-order chi connectivity index (χ1) is 7.90. The van der Waals surface area contributed by atoms with Crippen LogP contribution in [-0.4, -0.2) is 31.6 Å². The highest BCUT2D eigenvalue weighted by atomic mass is 79.9. The van der Waals surface area contributed by atoms with Gasteiger partial charge in [0.15, 0.2) is 9.84 Å². The number of nitrogens with two attached hydrogens (primary N) is 1. The summed E-state index contributed by atoms with van der Waals surface area (Å²) in [6.45, 7) is 0.178. The van der Waals surface area contributed by atoms with Gasteiger partial charge in [0.25, 0.3) is 0 Å². The van der Waals surface area contributed by atoms with Crippen LogP contribution < -0.4 is 5.73 Å². The summed E-state index contributed by atoms with van der Waals surface area (Å²) >= 11 is 4.77. The first kappa shape index (κ1) is 13.5. The fourth-order valence-corrected chi connectivity index (χ4v) is 6.08. The maximum atomic E-state index is 11.6. The van der Waals surface area contributed by atoms with Crippen LogP contribution in [0, 0.1) is 5.41 Å². The van der Waals surface area contributed by atoms with Gasteiger partial charge in [0.2, 0.25) is 0 Å². The van der Waals surface area contributed by atoms with E-state index in [2.05, 4.69) is 15.9 Å². The van der Waals surface area contributed by atoms with Gasteiger partial charge >= 0.3 is 0 Å². The lowest BCUT2D eigenvalue weighted by molar-refractivity contribution is 0.0496. The fourth-order valence-electron chi connectivity index (χ4n) is 2.21. The Hall–Kier alpha value is 0.0500. The molecule has 7 heteroatoms. The molecular formula is C10H14BrNO3S2. The van der Waals surface area contributed by atoms with Crippen LogP contribution in [0.2, 0.25) is 0 Å². The van der Waals surface area contributed by atoms with Crippen molar-refractivity contribution in [1.82, 2.24) is 0 Å². The highest BCUT2D eigenvalue weighted by Crippen LogP contribution is 2.45. The third kappa shape index (κ3) is 2.44. The molecule has 2 atom stereocenters. The molecule has 0 saturated carbocycles. The summed E-state index contributed by atoms with van der Waals surface area (Å²) in [5.74, 6) is 0.0895. The van der Waals surface area contributed by atoms with Gasteiger partial charge in [-0.25, -0.2) is 8.42 Å². The quantitative estimate of drug-likeness (QED) is 0.869. The molecule has 2 heterocycles. The van der Waals surface area contributed by atoms with Crippen molar-refractivity contribution >= 4 is 37.1 Å². The highest BCUT2D eigenvalue weighted by Gasteiger charge is 2.47. The first-order valence-corrected chi connectivity index (χ1v) is 8.71. The molecule has 0 spiro atoms. The summed E-state index contributed by atoms with van der Waals surface area (Å²) < 4.78 is 24.0. The Balaban J connectivity index is 2.35. The molecule has 0 radical (unpaired) electrons. The fraction of sp³-hybridized carbons (Fsp3) is 0.600. The molecule has 2 unspecified atom stereocenters. The Bertz CT molecular complexity index is 513. The maximum absolute atomic E-state index is 11.6. The van der Waals surface area contributed by atoms with Crippen LogP contribution in [0.1, 0.15) is 17.4 Å². The van der Waals surface area contributed by atoms with Gasteiger partial charge in [-0.2, -0.15) is 0 Å². The number of aliphatic hydroxyl groups excluding tert-OH is 1. The standard InChI is InChI=1S/C10H14BrNO3S2/c11-7-1-3-16-8(7)9(13)10(5-12)2-4-17(14,15)6-10/h1,3,9,13H,2,4-6,12H2. The zero-order valence-corrected chi connectivity index (χ0v) is 12.3.